The predicted octanol–water partition coefficient (Wildman–Crippen LogP) is -1.14. The van der Waals surface area contributed by atoms with Crippen molar-refractivity contribution in [1.82, 2.24) is 0 Å². The Morgan fingerprint density at radius 1 is 1.50 bits per heavy atom. The van der Waals surface area contributed by atoms with E-state index in [0.29, 0.717) is 6.08 Å². The van der Waals surface area contributed by atoms with Crippen molar-refractivity contribution >= 4 is 11.9 Å². The van der Waals surface area contributed by atoms with Gasteiger partial charge in [-0.25, -0.2) is 4.79 Å². The molecule has 0 saturated heterocycles. The smallest absolute Gasteiger partial charge is 0.333 e. The number of carbonyl (C=O) groups excluding carboxylic acids is 2. The molecule has 0 saturated carbocycles. The summed E-state index contributed by atoms with van der Waals surface area (Å²) >= 11 is 0. The highest BCUT2D eigenvalue weighted by Gasteiger charge is 2.00. The van der Waals surface area contributed by atoms with Crippen molar-refractivity contribution in [2.24, 2.45) is 0 Å². The fourth-order valence-corrected chi connectivity index (χ4v) is 0.397. The lowest BCUT2D eigenvalue weighted by Gasteiger charge is -1.97. The molecule has 0 heterocycles. The van der Waals surface area contributed by atoms with E-state index in [2.05, 4.69) is 4.74 Å². The largest absolute Gasteiger partial charge is 0.545 e. The summed E-state index contributed by atoms with van der Waals surface area (Å²) in [5, 5.41) is 9.83. The van der Waals surface area contributed by atoms with Gasteiger partial charge in [-0.2, -0.15) is 0 Å². The molecule has 0 fully saturated rings. The second-order valence-corrected chi connectivity index (χ2v) is 1.64. The Labute approximate surface area is 58.1 Å². The average Bonchev–Trinajstić information content (AvgIpc) is 1.85. The van der Waals surface area contributed by atoms with Gasteiger partial charge in [0.15, 0.2) is 0 Å². The lowest BCUT2D eigenvalue weighted by molar-refractivity contribution is -0.297. The van der Waals surface area contributed by atoms with Gasteiger partial charge in [0.1, 0.15) is 0 Å². The van der Waals surface area contributed by atoms with E-state index >= 15 is 0 Å². The molecule has 0 aromatic rings. The third-order valence-corrected chi connectivity index (χ3v) is 0.842. The first kappa shape index (κ1) is 8.68. The van der Waals surface area contributed by atoms with Crippen molar-refractivity contribution < 1.29 is 19.4 Å². The van der Waals surface area contributed by atoms with E-state index in [1.54, 1.807) is 0 Å². The molecule has 0 amide bonds. The summed E-state index contributed by atoms with van der Waals surface area (Å²) in [6.07, 6.45) is 0.686. The molecule has 0 radical (unpaired) electrons. The highest BCUT2D eigenvalue weighted by molar-refractivity contribution is 5.94. The third-order valence-electron chi connectivity index (χ3n) is 0.842. The molecule has 0 rings (SSSR count). The summed E-state index contributed by atoms with van der Waals surface area (Å²) in [7, 11) is 1.18. The maximum absolute atomic E-state index is 10.5. The van der Waals surface area contributed by atoms with E-state index in [9.17, 15) is 14.7 Å². The second-order valence-electron chi connectivity index (χ2n) is 1.64. The van der Waals surface area contributed by atoms with Crippen molar-refractivity contribution in [2.45, 2.75) is 6.92 Å². The van der Waals surface area contributed by atoms with Gasteiger partial charge in [-0.15, -0.1) is 0 Å². The van der Waals surface area contributed by atoms with Crippen LogP contribution in [0.15, 0.2) is 11.6 Å². The van der Waals surface area contributed by atoms with Gasteiger partial charge < -0.3 is 14.6 Å². The Kier molecular flexibility index (Phi) is 3.17. The van der Waals surface area contributed by atoms with Crippen molar-refractivity contribution in [3.8, 4) is 0 Å². The van der Waals surface area contributed by atoms with E-state index in [1.807, 2.05) is 0 Å². The van der Waals surface area contributed by atoms with Crippen LogP contribution in [0.5, 0.6) is 0 Å². The number of aliphatic carboxylic acids is 1. The number of hydrogen-bond acceptors (Lipinski definition) is 4. The highest BCUT2D eigenvalue weighted by Crippen LogP contribution is 1.92. The SMILES string of the molecule is COC(=O)/C(C)=C\C(=O)[O-]. The summed E-state index contributed by atoms with van der Waals surface area (Å²) in [5.41, 5.74) is 0.0162. The molecule has 0 aliphatic carbocycles. The number of carboxylic acid groups (broad SMARTS) is 1. The zero-order chi connectivity index (χ0) is 8.15. The van der Waals surface area contributed by atoms with Crippen LogP contribution in [0.2, 0.25) is 0 Å². The number of ether oxygens (including phenoxy) is 1. The standard InChI is InChI=1S/C6H8O4/c1-4(3-5(7)8)6(9)10-2/h3H,1-2H3,(H,7,8)/p-1/b4-3-. The van der Waals surface area contributed by atoms with Crippen LogP contribution in [0.25, 0.3) is 0 Å². The van der Waals surface area contributed by atoms with Crippen LogP contribution in [-0.2, 0) is 14.3 Å². The molecule has 0 N–H and O–H groups in total. The second kappa shape index (κ2) is 3.66. The lowest BCUT2D eigenvalue weighted by atomic mass is 10.3. The first-order valence-corrected chi connectivity index (χ1v) is 2.55. The van der Waals surface area contributed by atoms with Gasteiger partial charge in [-0.05, 0) is 13.0 Å². The minimum absolute atomic E-state index is 0.0162. The maximum Gasteiger partial charge on any atom is 0.333 e. The molecule has 0 aromatic heterocycles. The molecule has 0 aliphatic rings. The maximum atomic E-state index is 10.5. The molecule has 56 valence electrons. The van der Waals surface area contributed by atoms with E-state index in [-0.39, 0.29) is 5.57 Å². The van der Waals surface area contributed by atoms with Crippen molar-refractivity contribution in [3.05, 3.63) is 11.6 Å². The average molecular weight is 143 g/mol. The Bertz CT molecular complexity index is 180. The minimum atomic E-state index is -1.40. The van der Waals surface area contributed by atoms with Crippen LogP contribution in [0.4, 0.5) is 0 Å². The van der Waals surface area contributed by atoms with Crippen molar-refractivity contribution in [2.75, 3.05) is 7.11 Å². The summed E-state index contributed by atoms with van der Waals surface area (Å²) < 4.78 is 4.21. The number of hydrogen-bond donors (Lipinski definition) is 0. The van der Waals surface area contributed by atoms with Crippen LogP contribution >= 0.6 is 0 Å². The zero-order valence-corrected chi connectivity index (χ0v) is 5.71. The molecule has 10 heavy (non-hydrogen) atoms. The minimum Gasteiger partial charge on any atom is -0.545 e. The van der Waals surface area contributed by atoms with Crippen LogP contribution in [-0.4, -0.2) is 19.0 Å². The van der Waals surface area contributed by atoms with Crippen LogP contribution in [0, 0.1) is 0 Å². The van der Waals surface area contributed by atoms with Gasteiger partial charge in [0.05, 0.1) is 13.1 Å². The molecule has 4 heteroatoms. The van der Waals surface area contributed by atoms with Gasteiger partial charge >= 0.3 is 5.97 Å². The molecule has 0 unspecified atom stereocenters. The summed E-state index contributed by atoms with van der Waals surface area (Å²) in [4.78, 5) is 20.3. The monoisotopic (exact) mass is 143 g/mol. The van der Waals surface area contributed by atoms with Crippen LogP contribution in [0.1, 0.15) is 6.92 Å². The van der Waals surface area contributed by atoms with Gasteiger partial charge in [0.2, 0.25) is 0 Å². The zero-order valence-electron chi connectivity index (χ0n) is 5.71. The van der Waals surface area contributed by atoms with Crippen molar-refractivity contribution in [1.29, 1.82) is 0 Å². The number of methoxy groups -OCH3 is 1. The Hall–Kier alpha value is -1.32. The van der Waals surface area contributed by atoms with Crippen molar-refractivity contribution in [3.63, 3.8) is 0 Å². The fraction of sp³-hybridized carbons (Fsp3) is 0.333. The fourth-order valence-electron chi connectivity index (χ4n) is 0.397. The van der Waals surface area contributed by atoms with Gasteiger partial charge in [-0.3, -0.25) is 0 Å². The molecule has 0 aromatic carbocycles. The molecule has 0 spiro atoms. The quantitative estimate of drug-likeness (QED) is 0.362. The Balaban J connectivity index is 4.19. The summed E-state index contributed by atoms with van der Waals surface area (Å²) in [6, 6.07) is 0. The van der Waals surface area contributed by atoms with Gasteiger partial charge in [-0.1, -0.05) is 0 Å². The van der Waals surface area contributed by atoms with Crippen LogP contribution < -0.4 is 5.11 Å². The Morgan fingerprint density at radius 2 is 2.00 bits per heavy atom. The number of rotatable bonds is 2. The molecular weight excluding hydrogens is 136 g/mol. The molecular formula is C6H7O4-. The van der Waals surface area contributed by atoms with Crippen LogP contribution in [0.3, 0.4) is 0 Å². The first-order valence-electron chi connectivity index (χ1n) is 2.55. The predicted molar refractivity (Wildman–Crippen MR) is 30.8 cm³/mol. The number of carboxylic acids is 1. The highest BCUT2D eigenvalue weighted by atomic mass is 16.5. The van der Waals surface area contributed by atoms with Gasteiger partial charge in [0, 0.05) is 5.57 Å². The van der Waals surface area contributed by atoms with E-state index in [4.69, 9.17) is 0 Å². The first-order chi connectivity index (χ1) is 4.57. The lowest BCUT2D eigenvalue weighted by Crippen LogP contribution is -2.20. The van der Waals surface area contributed by atoms with E-state index in [0.717, 1.165) is 0 Å². The number of esters is 1. The number of carbonyl (C=O) groups is 2. The molecule has 0 atom stereocenters. The Morgan fingerprint density at radius 3 is 2.30 bits per heavy atom. The van der Waals surface area contributed by atoms with E-state index in [1.165, 1.54) is 14.0 Å². The summed E-state index contributed by atoms with van der Waals surface area (Å²) in [6.45, 7) is 1.33. The third kappa shape index (κ3) is 2.86. The van der Waals surface area contributed by atoms with Gasteiger partial charge in [0.25, 0.3) is 0 Å². The molecule has 0 aliphatic heterocycles. The van der Waals surface area contributed by atoms with E-state index < -0.39 is 11.9 Å². The molecule has 4 nitrogen and oxygen atoms in total. The summed E-state index contributed by atoms with van der Waals surface area (Å²) in [5.74, 6) is -2.06. The molecule has 0 bridgehead atoms. The topological polar surface area (TPSA) is 66.4 Å². The normalized spacial score (nSPS) is 10.8.